The smallest absolute Gasteiger partial charge is 0.252 e. The number of nitrogens with zero attached hydrogens (tertiary/aromatic N) is 4. The second kappa shape index (κ2) is 24.8. The van der Waals surface area contributed by atoms with Crippen molar-refractivity contribution in [3.05, 3.63) is 319 Å². The predicted octanol–water partition coefficient (Wildman–Crippen LogP) is 27.0. The first-order valence-electron chi connectivity index (χ1n) is 39.3. The zero-order chi connectivity index (χ0) is 75.8. The van der Waals surface area contributed by atoms with E-state index >= 15 is 0 Å². The molecule has 0 saturated carbocycles. The molecule has 0 atom stereocenters. The molecule has 14 aromatic carbocycles. The second-order valence-electron chi connectivity index (χ2n) is 36.3. The van der Waals surface area contributed by atoms with Crippen molar-refractivity contribution in [1.29, 1.82) is 0 Å². The molecule has 2 aliphatic rings. The number of hydrogen-bond acceptors (Lipinski definition) is 3. The van der Waals surface area contributed by atoms with Crippen molar-refractivity contribution in [2.75, 3.05) is 9.80 Å². The summed E-state index contributed by atoms with van der Waals surface area (Å²) in [4.78, 5) is 5.39. The fourth-order valence-electron chi connectivity index (χ4n) is 17.8. The van der Waals surface area contributed by atoms with Crippen LogP contribution in [-0.4, -0.2) is 15.8 Å². The molecule has 5 nitrogen and oxygen atoms in total. The van der Waals surface area contributed by atoms with Gasteiger partial charge in [-0.15, -0.1) is 0 Å². The molecule has 19 rings (SSSR count). The van der Waals surface area contributed by atoms with Crippen LogP contribution in [0, 0.1) is 0 Å². The van der Waals surface area contributed by atoms with Gasteiger partial charge in [0.15, 0.2) is 0 Å². The SMILES string of the molecule is CC(C)(C)c1cccc(-c2ccc3c(c2)N(c2cc(-c4ccccc4)cc4oc5ccccc5c24)c2cc(-c4cccc(C(C)(C)C)c4)cc4c2B3c2ccc(-n3c5ccc(C(C)(C)C)cc5c5cc(C(C)(C)C)ccc53)cc2N4c2cc(-c3ccccc3)cc3c2c2ccccc2n3-c2cccc(C(C)(C)C)c2)c1. The van der Waals surface area contributed by atoms with E-state index < -0.39 is 0 Å². The summed E-state index contributed by atoms with van der Waals surface area (Å²) in [7, 11) is 0. The average molecular weight is 1430 g/mol. The van der Waals surface area contributed by atoms with Crippen molar-refractivity contribution in [2.24, 2.45) is 0 Å². The van der Waals surface area contributed by atoms with E-state index in [2.05, 4.69) is 414 Å². The monoisotopic (exact) mass is 1420 g/mol. The highest BCUT2D eigenvalue weighted by Gasteiger charge is 2.46. The van der Waals surface area contributed by atoms with Crippen LogP contribution in [0.1, 0.15) is 132 Å². The molecule has 6 heteroatoms. The van der Waals surface area contributed by atoms with Crippen molar-refractivity contribution in [3.8, 4) is 55.9 Å². The van der Waals surface area contributed by atoms with E-state index in [0.29, 0.717) is 0 Å². The molecule has 0 radical (unpaired) electrons. The third kappa shape index (κ3) is 11.3. The van der Waals surface area contributed by atoms with Crippen LogP contribution in [0.25, 0.3) is 121 Å². The zero-order valence-electron chi connectivity index (χ0n) is 66.0. The first kappa shape index (κ1) is 68.7. The van der Waals surface area contributed by atoms with Crippen molar-refractivity contribution in [2.45, 2.75) is 131 Å². The lowest BCUT2D eigenvalue weighted by Crippen LogP contribution is -2.61. The van der Waals surface area contributed by atoms with Gasteiger partial charge in [-0.05, 0) is 219 Å². The highest BCUT2D eigenvalue weighted by atomic mass is 16.3. The molecule has 110 heavy (non-hydrogen) atoms. The van der Waals surface area contributed by atoms with Gasteiger partial charge in [-0.25, -0.2) is 0 Å². The Balaban J connectivity index is 1.00. The topological polar surface area (TPSA) is 29.5 Å². The number of para-hydroxylation sites is 2. The van der Waals surface area contributed by atoms with Gasteiger partial charge in [0.05, 0.1) is 38.8 Å². The number of fused-ring (bicyclic) bond motifs is 13. The summed E-state index contributed by atoms with van der Waals surface area (Å²) >= 11 is 0. The fraction of sp³-hybridized carbons (Fsp3) is 0.192. The maximum atomic E-state index is 7.17. The summed E-state index contributed by atoms with van der Waals surface area (Å²) in [6, 6.07) is 112. The molecule has 0 aliphatic carbocycles. The Kier molecular flexibility index (Phi) is 15.5. The molecule has 3 aromatic heterocycles. The normalized spacial score (nSPS) is 13.4. The molecular formula is C104H93BN4O. The van der Waals surface area contributed by atoms with Crippen LogP contribution in [0.4, 0.5) is 34.1 Å². The van der Waals surface area contributed by atoms with Crippen LogP contribution in [-0.2, 0) is 27.1 Å². The first-order valence-corrected chi connectivity index (χ1v) is 39.3. The van der Waals surface area contributed by atoms with Gasteiger partial charge in [0.2, 0.25) is 0 Å². The molecule has 0 amide bonds. The summed E-state index contributed by atoms with van der Waals surface area (Å²) in [6.07, 6.45) is 0. The Bertz CT molecular complexity index is 6550. The third-order valence-corrected chi connectivity index (χ3v) is 23.8. The van der Waals surface area contributed by atoms with Gasteiger partial charge in [0.1, 0.15) is 11.2 Å². The van der Waals surface area contributed by atoms with Gasteiger partial charge in [0.25, 0.3) is 6.71 Å². The van der Waals surface area contributed by atoms with E-state index in [-0.39, 0.29) is 33.8 Å². The minimum absolute atomic E-state index is 0.0695. The lowest BCUT2D eigenvalue weighted by molar-refractivity contribution is 0.590. The molecule has 0 unspecified atom stereocenters. The lowest BCUT2D eigenvalue weighted by Gasteiger charge is -2.45. The highest BCUT2D eigenvalue weighted by molar-refractivity contribution is 7.00. The minimum Gasteiger partial charge on any atom is -0.456 e. The fourth-order valence-corrected chi connectivity index (χ4v) is 17.8. The van der Waals surface area contributed by atoms with E-state index in [9.17, 15) is 0 Å². The summed E-state index contributed by atoms with van der Waals surface area (Å²) in [5, 5.41) is 6.99. The van der Waals surface area contributed by atoms with Crippen molar-refractivity contribution < 1.29 is 4.42 Å². The highest BCUT2D eigenvalue weighted by Crippen LogP contribution is 2.54. The van der Waals surface area contributed by atoms with E-state index in [1.54, 1.807) is 0 Å². The minimum atomic E-state index is -0.263. The summed E-state index contributed by atoms with van der Waals surface area (Å²) in [6.45, 7) is 34.7. The number of rotatable bonds is 8. The molecule has 0 bridgehead atoms. The van der Waals surface area contributed by atoms with Crippen LogP contribution in [0.15, 0.2) is 296 Å². The molecular weight excluding hydrogens is 1330 g/mol. The Morgan fingerprint density at radius 3 is 1.23 bits per heavy atom. The van der Waals surface area contributed by atoms with E-state index in [1.807, 2.05) is 0 Å². The largest absolute Gasteiger partial charge is 0.456 e. The lowest BCUT2D eigenvalue weighted by atomic mass is 9.33. The van der Waals surface area contributed by atoms with Gasteiger partial charge in [0, 0.05) is 61.1 Å². The number of benzene rings is 14. The van der Waals surface area contributed by atoms with E-state index in [4.69, 9.17) is 4.42 Å². The van der Waals surface area contributed by atoms with Gasteiger partial charge in [-0.2, -0.15) is 0 Å². The summed E-state index contributed by atoms with van der Waals surface area (Å²) < 4.78 is 12.3. The van der Waals surface area contributed by atoms with Gasteiger partial charge in [-0.1, -0.05) is 292 Å². The zero-order valence-corrected chi connectivity index (χ0v) is 66.0. The third-order valence-electron chi connectivity index (χ3n) is 23.8. The molecule has 0 fully saturated rings. The Morgan fingerprint density at radius 1 is 0.236 bits per heavy atom. The van der Waals surface area contributed by atoms with Crippen LogP contribution >= 0.6 is 0 Å². The molecule has 0 N–H and O–H groups in total. The van der Waals surface area contributed by atoms with Crippen LogP contribution in [0.5, 0.6) is 0 Å². The standard InChI is InChI=1S/C104H93BN4O/c1-100(2,3)72-35-26-33-66(51-72)68-43-47-83-88(53-68)108(92-56-71(65-31-20-17-21-32-65)59-96-98(92)80-40-23-25-42-95(80)110-96)93-57-70(67-34-27-36-73(52-67)101(4,5)6)58-94-99(93)105(83)84-48-46-78(106-86-49-44-75(103(10,11)12)61-81(86)82-62-76(104(13,14)15)45-50-87(82)106)63-89(84)109(94)91-55-69(64-29-18-16-19-30-64)54-90-97(91)79-39-22-24-41-85(79)107(90)77-38-28-37-74(60-77)102(7,8)9/h16-63H,1-15H3. The summed E-state index contributed by atoms with van der Waals surface area (Å²) in [5.41, 5.74) is 33.9. The predicted molar refractivity (Wildman–Crippen MR) is 472 cm³/mol. The van der Waals surface area contributed by atoms with Gasteiger partial charge >= 0.3 is 0 Å². The molecule has 5 heterocycles. The summed E-state index contributed by atoms with van der Waals surface area (Å²) in [5.74, 6) is 0. The molecule has 538 valence electrons. The maximum Gasteiger partial charge on any atom is 0.252 e. The molecule has 17 aromatic rings. The average Bonchev–Trinajstić information content (AvgIpc) is 0.949. The maximum absolute atomic E-state index is 7.17. The van der Waals surface area contributed by atoms with Crippen molar-refractivity contribution >= 4 is 123 Å². The molecule has 2 aliphatic heterocycles. The van der Waals surface area contributed by atoms with E-state index in [0.717, 1.165) is 117 Å². The van der Waals surface area contributed by atoms with Crippen molar-refractivity contribution in [1.82, 2.24) is 9.13 Å². The van der Waals surface area contributed by atoms with Crippen LogP contribution < -0.4 is 26.2 Å². The Labute approximate surface area is 647 Å². The Hall–Kier alpha value is -11.9. The van der Waals surface area contributed by atoms with E-state index in [1.165, 1.54) is 82.3 Å². The van der Waals surface area contributed by atoms with Crippen LogP contribution in [0.2, 0.25) is 0 Å². The molecule has 0 saturated heterocycles. The number of anilines is 6. The second-order valence-corrected chi connectivity index (χ2v) is 36.3. The number of aromatic nitrogens is 2. The van der Waals surface area contributed by atoms with Crippen molar-refractivity contribution in [3.63, 3.8) is 0 Å². The van der Waals surface area contributed by atoms with Gasteiger partial charge < -0.3 is 23.4 Å². The number of furan rings is 1. The van der Waals surface area contributed by atoms with Gasteiger partial charge in [-0.3, -0.25) is 0 Å². The Morgan fingerprint density at radius 2 is 0.645 bits per heavy atom. The van der Waals surface area contributed by atoms with Crippen LogP contribution in [0.3, 0.4) is 0 Å². The number of hydrogen-bond donors (Lipinski definition) is 0. The molecule has 0 spiro atoms. The first-order chi connectivity index (χ1) is 52.7. The quantitative estimate of drug-likeness (QED) is 0.142.